The average molecular weight is 581 g/mol. The number of likely N-dealkylation sites (tertiary alicyclic amines) is 1. The van der Waals surface area contributed by atoms with Crippen LogP contribution in [0.3, 0.4) is 0 Å². The number of ether oxygens (including phenoxy) is 1. The monoisotopic (exact) mass is 579 g/mol. The van der Waals surface area contributed by atoms with Crippen molar-refractivity contribution in [3.8, 4) is 0 Å². The maximum Gasteiger partial charge on any atom is 0.253 e. The van der Waals surface area contributed by atoms with Crippen LogP contribution in [0, 0.1) is 11.8 Å². The number of nitrogens with zero attached hydrogens (tertiary/aromatic N) is 3. The maximum absolute atomic E-state index is 14.3. The number of halogens is 2. The van der Waals surface area contributed by atoms with Gasteiger partial charge in [0.2, 0.25) is 11.8 Å². The van der Waals surface area contributed by atoms with Crippen LogP contribution in [0.4, 0.5) is 5.69 Å². The number of hydrogen-bond acceptors (Lipinski definition) is 5. The first kappa shape index (κ1) is 26.9. The normalized spacial score (nSPS) is 31.2. The molecular weight excluding hydrogens is 550 g/mol. The minimum Gasteiger partial charge on any atom is -0.394 e. The van der Waals surface area contributed by atoms with Crippen LogP contribution in [0.2, 0.25) is 5.02 Å². The van der Waals surface area contributed by atoms with Gasteiger partial charge in [-0.05, 0) is 37.6 Å². The van der Waals surface area contributed by atoms with Crippen LogP contribution in [0.25, 0.3) is 0 Å². The molecular formula is C26H31BrClN3O5. The van der Waals surface area contributed by atoms with Crippen molar-refractivity contribution in [1.82, 2.24) is 9.80 Å². The van der Waals surface area contributed by atoms with Gasteiger partial charge in [0.15, 0.2) is 0 Å². The third-order valence-corrected chi connectivity index (χ3v) is 8.58. The third kappa shape index (κ3) is 4.10. The Morgan fingerprint density at radius 1 is 1.28 bits per heavy atom. The van der Waals surface area contributed by atoms with E-state index in [0.717, 1.165) is 0 Å². The molecule has 3 unspecified atom stereocenters. The van der Waals surface area contributed by atoms with E-state index in [1.165, 1.54) is 14.7 Å². The van der Waals surface area contributed by atoms with Crippen LogP contribution in [0.5, 0.6) is 0 Å². The highest BCUT2D eigenvalue weighted by Crippen LogP contribution is 2.60. The van der Waals surface area contributed by atoms with E-state index in [1.54, 1.807) is 50.4 Å². The van der Waals surface area contributed by atoms with Gasteiger partial charge in [0.1, 0.15) is 11.6 Å². The van der Waals surface area contributed by atoms with Gasteiger partial charge < -0.3 is 24.5 Å². The molecule has 0 radical (unpaired) electrons. The average Bonchev–Trinajstić information content (AvgIpc) is 3.45. The van der Waals surface area contributed by atoms with Crippen molar-refractivity contribution in [2.24, 2.45) is 11.8 Å². The standard InChI is InChI=1S/C26H31BrClN3O5/c1-5-11-29(4)23(33)19-20-24(34)31(15(3)14-32)22(26(20)13-18(27)21(19)36-26)25(35)30(12-6-2)17-9-7-16(28)8-10-17/h5-10,15,18-22,32H,1-2,11-14H2,3-4H3/t15-,18?,19+,20+,21+,22?,26?/m1/s1. The Kier molecular flexibility index (Phi) is 7.67. The van der Waals surface area contributed by atoms with E-state index >= 15 is 0 Å². The number of carbonyl (C=O) groups excluding carboxylic acids is 3. The summed E-state index contributed by atoms with van der Waals surface area (Å²) in [5.74, 6) is -2.53. The predicted molar refractivity (Wildman–Crippen MR) is 141 cm³/mol. The van der Waals surface area contributed by atoms with Crippen molar-refractivity contribution in [1.29, 1.82) is 0 Å². The summed E-state index contributed by atoms with van der Waals surface area (Å²) in [4.78, 5) is 46.1. The van der Waals surface area contributed by atoms with Gasteiger partial charge >= 0.3 is 0 Å². The molecule has 1 spiro atoms. The molecule has 194 valence electrons. The quantitative estimate of drug-likeness (QED) is 0.358. The summed E-state index contributed by atoms with van der Waals surface area (Å²) >= 11 is 9.73. The van der Waals surface area contributed by atoms with Gasteiger partial charge in [0.25, 0.3) is 5.91 Å². The van der Waals surface area contributed by atoms with Crippen molar-refractivity contribution >= 4 is 50.9 Å². The molecule has 3 amide bonds. The molecule has 4 rings (SSSR count). The number of carbonyl (C=O) groups is 3. The van der Waals surface area contributed by atoms with E-state index in [9.17, 15) is 19.5 Å². The van der Waals surface area contributed by atoms with E-state index in [0.29, 0.717) is 23.7 Å². The second kappa shape index (κ2) is 10.3. The fourth-order valence-electron chi connectivity index (χ4n) is 5.95. The highest BCUT2D eigenvalue weighted by molar-refractivity contribution is 9.09. The van der Waals surface area contributed by atoms with Crippen LogP contribution in [0.15, 0.2) is 49.6 Å². The van der Waals surface area contributed by atoms with Gasteiger partial charge in [-0.3, -0.25) is 14.4 Å². The smallest absolute Gasteiger partial charge is 0.253 e. The summed E-state index contributed by atoms with van der Waals surface area (Å²) in [5, 5.41) is 10.6. The zero-order valence-corrected chi connectivity index (χ0v) is 22.7. The number of rotatable bonds is 9. The lowest BCUT2D eigenvalue weighted by Crippen LogP contribution is -2.58. The minimum absolute atomic E-state index is 0.193. The van der Waals surface area contributed by atoms with Gasteiger partial charge in [0, 0.05) is 35.7 Å². The Bertz CT molecular complexity index is 1070. The molecule has 3 heterocycles. The summed E-state index contributed by atoms with van der Waals surface area (Å²) in [6, 6.07) is 5.15. The van der Waals surface area contributed by atoms with Crippen LogP contribution in [-0.2, 0) is 19.1 Å². The summed E-state index contributed by atoms with van der Waals surface area (Å²) in [5.41, 5.74) is -0.619. The molecule has 10 heteroatoms. The predicted octanol–water partition coefficient (Wildman–Crippen LogP) is 2.63. The molecule has 1 aromatic carbocycles. The largest absolute Gasteiger partial charge is 0.394 e. The van der Waals surface area contributed by atoms with Gasteiger partial charge in [-0.1, -0.05) is 39.7 Å². The number of hydrogen-bond donors (Lipinski definition) is 1. The van der Waals surface area contributed by atoms with Crippen molar-refractivity contribution in [2.75, 3.05) is 31.6 Å². The number of amides is 3. The Hall–Kier alpha value is -2.20. The Morgan fingerprint density at radius 2 is 1.92 bits per heavy atom. The van der Waals surface area contributed by atoms with E-state index in [4.69, 9.17) is 16.3 Å². The van der Waals surface area contributed by atoms with Crippen LogP contribution in [0.1, 0.15) is 13.3 Å². The number of alkyl halides is 1. The number of aliphatic hydroxyl groups excluding tert-OH is 1. The van der Waals surface area contributed by atoms with E-state index in [1.807, 2.05) is 0 Å². The molecule has 3 aliphatic rings. The summed E-state index contributed by atoms with van der Waals surface area (Å²) in [7, 11) is 1.66. The number of likely N-dealkylation sites (N-methyl/N-ethyl adjacent to an activating group) is 1. The topological polar surface area (TPSA) is 90.4 Å². The lowest BCUT2D eigenvalue weighted by Gasteiger charge is -2.38. The zero-order valence-electron chi connectivity index (χ0n) is 20.3. The van der Waals surface area contributed by atoms with E-state index in [2.05, 4.69) is 29.1 Å². The highest BCUT2D eigenvalue weighted by Gasteiger charge is 2.77. The minimum atomic E-state index is -1.21. The first-order valence-electron chi connectivity index (χ1n) is 11.9. The second-order valence-electron chi connectivity index (χ2n) is 9.66. The first-order valence-corrected chi connectivity index (χ1v) is 13.2. The van der Waals surface area contributed by atoms with Gasteiger partial charge in [-0.2, -0.15) is 0 Å². The fourth-order valence-corrected chi connectivity index (χ4v) is 7.02. The maximum atomic E-state index is 14.3. The van der Waals surface area contributed by atoms with Crippen LogP contribution < -0.4 is 4.90 Å². The summed E-state index contributed by atoms with van der Waals surface area (Å²) < 4.78 is 6.51. The molecule has 0 aliphatic carbocycles. The lowest BCUT2D eigenvalue weighted by atomic mass is 9.70. The molecule has 1 aromatic rings. The lowest BCUT2D eigenvalue weighted by molar-refractivity contribution is -0.146. The van der Waals surface area contributed by atoms with Gasteiger partial charge in [-0.25, -0.2) is 0 Å². The first-order chi connectivity index (χ1) is 17.1. The molecule has 3 saturated heterocycles. The molecule has 7 atom stereocenters. The molecule has 36 heavy (non-hydrogen) atoms. The van der Waals surface area contributed by atoms with E-state index in [-0.39, 0.29) is 35.7 Å². The highest BCUT2D eigenvalue weighted by atomic mass is 79.9. The van der Waals surface area contributed by atoms with E-state index < -0.39 is 35.6 Å². The zero-order chi connectivity index (χ0) is 26.4. The number of anilines is 1. The molecule has 0 aromatic heterocycles. The Labute approximate surface area is 224 Å². The Morgan fingerprint density at radius 3 is 2.50 bits per heavy atom. The number of aliphatic hydroxyl groups is 1. The molecule has 1 N–H and O–H groups in total. The van der Waals surface area contributed by atoms with Crippen LogP contribution >= 0.6 is 27.5 Å². The van der Waals surface area contributed by atoms with Crippen molar-refractivity contribution in [3.05, 3.63) is 54.6 Å². The molecule has 0 saturated carbocycles. The Balaban J connectivity index is 1.81. The second-order valence-corrected chi connectivity index (χ2v) is 11.3. The van der Waals surface area contributed by atoms with Crippen molar-refractivity contribution in [3.63, 3.8) is 0 Å². The SMILES string of the molecule is C=CCN(C)C(=O)[C@H]1[C@H]2C(=O)N([C@H](C)CO)C(C(=O)N(CC=C)c3ccc(Cl)cc3)C23CC(Br)[C@@H]1O3. The number of fused-ring (bicyclic) bond motifs is 1. The molecule has 3 fully saturated rings. The third-order valence-electron chi connectivity index (χ3n) is 7.48. The molecule has 3 aliphatic heterocycles. The molecule has 2 bridgehead atoms. The van der Waals surface area contributed by atoms with Crippen molar-refractivity contribution < 1.29 is 24.2 Å². The molecule has 8 nitrogen and oxygen atoms in total. The number of benzene rings is 1. The van der Waals surface area contributed by atoms with Gasteiger partial charge in [0.05, 0.1) is 30.6 Å². The summed E-state index contributed by atoms with van der Waals surface area (Å²) in [6.07, 6.45) is 3.06. The van der Waals surface area contributed by atoms with Crippen molar-refractivity contribution in [2.45, 2.75) is 42.0 Å². The summed E-state index contributed by atoms with van der Waals surface area (Å²) in [6.45, 7) is 9.37. The van der Waals surface area contributed by atoms with Gasteiger partial charge in [-0.15, -0.1) is 13.2 Å². The fraction of sp³-hybridized carbons (Fsp3) is 0.500. The van der Waals surface area contributed by atoms with Crippen LogP contribution in [-0.4, -0.2) is 88.0 Å².